The summed E-state index contributed by atoms with van der Waals surface area (Å²) in [6.45, 7) is 1.50. The van der Waals surface area contributed by atoms with Crippen LogP contribution < -0.4 is 4.90 Å². The van der Waals surface area contributed by atoms with Gasteiger partial charge in [0, 0.05) is 18.5 Å². The quantitative estimate of drug-likeness (QED) is 0.794. The predicted octanol–water partition coefficient (Wildman–Crippen LogP) is 3.25. The molecule has 0 unspecified atom stereocenters. The second kappa shape index (κ2) is 4.36. The highest BCUT2D eigenvalue weighted by molar-refractivity contribution is 5.89. The molecule has 1 aliphatic heterocycles. The molecular formula is C13H12F3N3. The highest BCUT2D eigenvalue weighted by Crippen LogP contribution is 2.32. The lowest BCUT2D eigenvalue weighted by molar-refractivity contribution is -0.144. The second-order valence-electron chi connectivity index (χ2n) is 4.58. The number of rotatable bonds is 1. The van der Waals surface area contributed by atoms with E-state index in [1.807, 2.05) is 4.90 Å². The first-order chi connectivity index (χ1) is 9.05. The summed E-state index contributed by atoms with van der Waals surface area (Å²) >= 11 is 0. The van der Waals surface area contributed by atoms with Gasteiger partial charge in [0.2, 0.25) is 5.82 Å². The SMILES string of the molecule is FC(F)(F)c1nc(N2CCCC2)c2ccccc2n1. The van der Waals surface area contributed by atoms with Gasteiger partial charge >= 0.3 is 6.18 Å². The lowest BCUT2D eigenvalue weighted by Crippen LogP contribution is -2.22. The first kappa shape index (κ1) is 12.2. The van der Waals surface area contributed by atoms with E-state index in [1.165, 1.54) is 0 Å². The van der Waals surface area contributed by atoms with E-state index >= 15 is 0 Å². The van der Waals surface area contributed by atoms with E-state index in [0.717, 1.165) is 25.9 Å². The molecule has 100 valence electrons. The van der Waals surface area contributed by atoms with E-state index in [2.05, 4.69) is 9.97 Å². The maximum atomic E-state index is 12.8. The fourth-order valence-electron chi connectivity index (χ4n) is 2.36. The molecule has 0 N–H and O–H groups in total. The van der Waals surface area contributed by atoms with Gasteiger partial charge in [-0.1, -0.05) is 12.1 Å². The number of anilines is 1. The normalized spacial score (nSPS) is 16.3. The molecule has 19 heavy (non-hydrogen) atoms. The molecule has 1 aromatic carbocycles. The zero-order valence-corrected chi connectivity index (χ0v) is 10.1. The number of aromatic nitrogens is 2. The molecule has 2 aromatic rings. The Hall–Kier alpha value is -1.85. The number of fused-ring (bicyclic) bond motifs is 1. The largest absolute Gasteiger partial charge is 0.451 e. The van der Waals surface area contributed by atoms with Crippen LogP contribution in [0.15, 0.2) is 24.3 Å². The highest BCUT2D eigenvalue weighted by atomic mass is 19.4. The van der Waals surface area contributed by atoms with E-state index in [9.17, 15) is 13.2 Å². The van der Waals surface area contributed by atoms with Crippen molar-refractivity contribution in [2.45, 2.75) is 19.0 Å². The Labute approximate surface area is 108 Å². The molecule has 0 bridgehead atoms. The Balaban J connectivity index is 2.21. The average molecular weight is 267 g/mol. The van der Waals surface area contributed by atoms with Gasteiger partial charge in [-0.15, -0.1) is 0 Å². The third-order valence-electron chi connectivity index (χ3n) is 3.24. The maximum Gasteiger partial charge on any atom is 0.451 e. The van der Waals surface area contributed by atoms with Crippen LogP contribution in [-0.2, 0) is 6.18 Å². The zero-order chi connectivity index (χ0) is 13.5. The van der Waals surface area contributed by atoms with Crippen molar-refractivity contribution in [2.75, 3.05) is 18.0 Å². The van der Waals surface area contributed by atoms with Gasteiger partial charge < -0.3 is 4.90 Å². The molecule has 1 aromatic heterocycles. The van der Waals surface area contributed by atoms with E-state index < -0.39 is 12.0 Å². The molecule has 6 heteroatoms. The van der Waals surface area contributed by atoms with Crippen LogP contribution in [0.3, 0.4) is 0 Å². The van der Waals surface area contributed by atoms with Gasteiger partial charge in [-0.2, -0.15) is 13.2 Å². The van der Waals surface area contributed by atoms with E-state index in [0.29, 0.717) is 16.7 Å². The minimum absolute atomic E-state index is 0.340. The molecule has 3 nitrogen and oxygen atoms in total. The van der Waals surface area contributed by atoms with Crippen LogP contribution in [-0.4, -0.2) is 23.1 Å². The molecule has 0 spiro atoms. The summed E-state index contributed by atoms with van der Waals surface area (Å²) in [6.07, 6.45) is -2.54. The number of alkyl halides is 3. The molecule has 3 rings (SSSR count). The van der Waals surface area contributed by atoms with Crippen LogP contribution in [0.5, 0.6) is 0 Å². The summed E-state index contributed by atoms with van der Waals surface area (Å²) in [7, 11) is 0. The van der Waals surface area contributed by atoms with Crippen LogP contribution in [0.2, 0.25) is 0 Å². The van der Waals surface area contributed by atoms with Crippen molar-refractivity contribution in [3.05, 3.63) is 30.1 Å². The molecule has 1 saturated heterocycles. The Bertz CT molecular complexity index is 604. The minimum Gasteiger partial charge on any atom is -0.356 e. The number of hydrogen-bond acceptors (Lipinski definition) is 3. The van der Waals surface area contributed by atoms with Crippen molar-refractivity contribution in [3.63, 3.8) is 0 Å². The fraction of sp³-hybridized carbons (Fsp3) is 0.385. The maximum absolute atomic E-state index is 12.8. The van der Waals surface area contributed by atoms with Crippen LogP contribution in [0.25, 0.3) is 10.9 Å². The van der Waals surface area contributed by atoms with E-state index in [4.69, 9.17) is 0 Å². The van der Waals surface area contributed by atoms with Crippen molar-refractivity contribution in [1.29, 1.82) is 0 Å². The first-order valence-corrected chi connectivity index (χ1v) is 6.14. The Morgan fingerprint density at radius 3 is 2.37 bits per heavy atom. The van der Waals surface area contributed by atoms with Gasteiger partial charge in [0.25, 0.3) is 0 Å². The molecule has 0 saturated carbocycles. The van der Waals surface area contributed by atoms with Gasteiger partial charge in [-0.05, 0) is 25.0 Å². The standard InChI is InChI=1S/C13H12F3N3/c14-13(15,16)12-17-10-6-2-1-5-9(10)11(18-12)19-7-3-4-8-19/h1-2,5-6H,3-4,7-8H2. The molecule has 0 amide bonds. The third kappa shape index (κ3) is 2.22. The van der Waals surface area contributed by atoms with Crippen LogP contribution in [0, 0.1) is 0 Å². The lowest BCUT2D eigenvalue weighted by Gasteiger charge is -2.19. The third-order valence-corrected chi connectivity index (χ3v) is 3.24. The average Bonchev–Trinajstić information content (AvgIpc) is 2.90. The molecule has 0 radical (unpaired) electrons. The number of para-hydroxylation sites is 1. The molecule has 0 aliphatic carbocycles. The first-order valence-electron chi connectivity index (χ1n) is 6.14. The fourth-order valence-corrected chi connectivity index (χ4v) is 2.36. The van der Waals surface area contributed by atoms with Crippen molar-refractivity contribution in [2.24, 2.45) is 0 Å². The van der Waals surface area contributed by atoms with Gasteiger partial charge in [0.05, 0.1) is 5.52 Å². The highest BCUT2D eigenvalue weighted by Gasteiger charge is 2.36. The van der Waals surface area contributed by atoms with Crippen molar-refractivity contribution >= 4 is 16.7 Å². The molecule has 0 atom stereocenters. The summed E-state index contributed by atoms with van der Waals surface area (Å²) < 4.78 is 38.5. The number of hydrogen-bond donors (Lipinski definition) is 0. The Morgan fingerprint density at radius 2 is 1.68 bits per heavy atom. The number of nitrogens with zero attached hydrogens (tertiary/aromatic N) is 3. The zero-order valence-electron chi connectivity index (χ0n) is 10.1. The van der Waals surface area contributed by atoms with Crippen LogP contribution in [0.4, 0.5) is 19.0 Å². The summed E-state index contributed by atoms with van der Waals surface area (Å²) in [6, 6.07) is 6.83. The second-order valence-corrected chi connectivity index (χ2v) is 4.58. The smallest absolute Gasteiger partial charge is 0.356 e. The topological polar surface area (TPSA) is 29.0 Å². The molecule has 2 heterocycles. The van der Waals surface area contributed by atoms with Gasteiger partial charge in [-0.25, -0.2) is 9.97 Å². The molecular weight excluding hydrogens is 255 g/mol. The van der Waals surface area contributed by atoms with E-state index in [1.54, 1.807) is 24.3 Å². The summed E-state index contributed by atoms with van der Waals surface area (Å²) in [5, 5.41) is 0.678. The molecule has 1 fully saturated rings. The monoisotopic (exact) mass is 267 g/mol. The Kier molecular flexibility index (Phi) is 2.80. The summed E-state index contributed by atoms with van der Waals surface area (Å²) in [4.78, 5) is 9.26. The van der Waals surface area contributed by atoms with Gasteiger partial charge in [0.15, 0.2) is 0 Å². The van der Waals surface area contributed by atoms with Crippen LogP contribution in [0.1, 0.15) is 18.7 Å². The van der Waals surface area contributed by atoms with Gasteiger partial charge in [0.1, 0.15) is 5.82 Å². The predicted molar refractivity (Wildman–Crippen MR) is 66.0 cm³/mol. The summed E-state index contributed by atoms with van der Waals surface area (Å²) in [5.41, 5.74) is 0.340. The number of benzene rings is 1. The van der Waals surface area contributed by atoms with Crippen molar-refractivity contribution in [1.82, 2.24) is 9.97 Å². The van der Waals surface area contributed by atoms with Crippen molar-refractivity contribution < 1.29 is 13.2 Å². The lowest BCUT2D eigenvalue weighted by atomic mass is 10.2. The minimum atomic E-state index is -4.52. The van der Waals surface area contributed by atoms with Gasteiger partial charge in [-0.3, -0.25) is 0 Å². The van der Waals surface area contributed by atoms with Crippen molar-refractivity contribution in [3.8, 4) is 0 Å². The van der Waals surface area contributed by atoms with E-state index in [-0.39, 0.29) is 0 Å². The summed E-state index contributed by atoms with van der Waals surface area (Å²) in [5.74, 6) is -0.663. The van der Waals surface area contributed by atoms with Crippen LogP contribution >= 0.6 is 0 Å². The number of halogens is 3. The molecule has 1 aliphatic rings. The Morgan fingerprint density at radius 1 is 1.00 bits per heavy atom.